The average Bonchev–Trinajstić information content (AvgIpc) is 2.95. The molecule has 2 heterocycles. The Morgan fingerprint density at radius 3 is 2.65 bits per heavy atom. The Hall–Kier alpha value is -2.40. The number of aryl methyl sites for hydroxylation is 2. The number of nitrogens with one attached hydrogen (secondary N) is 1. The molecule has 0 saturated heterocycles. The second-order valence-electron chi connectivity index (χ2n) is 5.81. The van der Waals surface area contributed by atoms with Crippen molar-refractivity contribution in [3.63, 3.8) is 0 Å². The second kappa shape index (κ2) is 6.38. The standard InChI is InChI=1S/C18H22N4O/c1-12-9-18-20-11-17(14(3)22(18)21-12)13(2)19-10-15-5-7-16(23-4)8-6-15/h5-9,11,13,19H,10H2,1-4H3. The lowest BCUT2D eigenvalue weighted by Crippen LogP contribution is -2.20. The minimum Gasteiger partial charge on any atom is -0.497 e. The highest BCUT2D eigenvalue weighted by Crippen LogP contribution is 2.19. The highest BCUT2D eigenvalue weighted by Gasteiger charge is 2.12. The number of fused-ring (bicyclic) bond motifs is 1. The van der Waals surface area contributed by atoms with Gasteiger partial charge in [0.2, 0.25) is 0 Å². The van der Waals surface area contributed by atoms with Gasteiger partial charge in [0.1, 0.15) is 5.75 Å². The average molecular weight is 310 g/mol. The smallest absolute Gasteiger partial charge is 0.155 e. The number of rotatable bonds is 5. The molecule has 23 heavy (non-hydrogen) atoms. The van der Waals surface area contributed by atoms with Gasteiger partial charge in [-0.05, 0) is 38.5 Å². The van der Waals surface area contributed by atoms with Crippen molar-refractivity contribution in [2.24, 2.45) is 0 Å². The number of nitrogens with zero attached hydrogens (tertiary/aromatic N) is 3. The van der Waals surface area contributed by atoms with Crippen LogP contribution < -0.4 is 10.1 Å². The molecule has 0 aliphatic heterocycles. The highest BCUT2D eigenvalue weighted by atomic mass is 16.5. The van der Waals surface area contributed by atoms with E-state index >= 15 is 0 Å². The number of hydrogen-bond donors (Lipinski definition) is 1. The maximum Gasteiger partial charge on any atom is 0.155 e. The lowest BCUT2D eigenvalue weighted by Gasteiger charge is -2.17. The molecule has 0 bridgehead atoms. The van der Waals surface area contributed by atoms with Crippen LogP contribution in [-0.4, -0.2) is 21.7 Å². The van der Waals surface area contributed by atoms with Gasteiger partial charge in [-0.15, -0.1) is 0 Å². The summed E-state index contributed by atoms with van der Waals surface area (Å²) in [7, 11) is 1.68. The Kier molecular flexibility index (Phi) is 4.30. The van der Waals surface area contributed by atoms with Crippen molar-refractivity contribution in [1.82, 2.24) is 19.9 Å². The van der Waals surface area contributed by atoms with Crippen molar-refractivity contribution >= 4 is 5.65 Å². The molecule has 1 N–H and O–H groups in total. The minimum atomic E-state index is 0.193. The van der Waals surface area contributed by atoms with Crippen molar-refractivity contribution in [3.8, 4) is 5.75 Å². The molecule has 0 amide bonds. The van der Waals surface area contributed by atoms with E-state index in [1.165, 1.54) is 5.56 Å². The zero-order chi connectivity index (χ0) is 16.4. The van der Waals surface area contributed by atoms with Crippen molar-refractivity contribution in [3.05, 3.63) is 59.0 Å². The van der Waals surface area contributed by atoms with Crippen LogP contribution >= 0.6 is 0 Å². The molecule has 0 spiro atoms. The molecule has 3 aromatic rings. The molecule has 3 rings (SSSR count). The number of benzene rings is 1. The van der Waals surface area contributed by atoms with Crippen molar-refractivity contribution < 1.29 is 4.74 Å². The predicted molar refractivity (Wildman–Crippen MR) is 90.7 cm³/mol. The van der Waals surface area contributed by atoms with Gasteiger partial charge in [-0.2, -0.15) is 5.10 Å². The Morgan fingerprint density at radius 1 is 1.22 bits per heavy atom. The maximum absolute atomic E-state index is 5.18. The lowest BCUT2D eigenvalue weighted by atomic mass is 10.1. The molecule has 0 fully saturated rings. The third-order valence-electron chi connectivity index (χ3n) is 4.12. The Balaban J connectivity index is 1.74. The fourth-order valence-corrected chi connectivity index (χ4v) is 2.73. The highest BCUT2D eigenvalue weighted by molar-refractivity contribution is 5.42. The minimum absolute atomic E-state index is 0.193. The van der Waals surface area contributed by atoms with Crippen LogP contribution in [0, 0.1) is 13.8 Å². The molecule has 1 aromatic carbocycles. The number of aromatic nitrogens is 3. The Morgan fingerprint density at radius 2 is 1.96 bits per heavy atom. The van der Waals surface area contributed by atoms with E-state index in [1.54, 1.807) is 7.11 Å². The quantitative estimate of drug-likeness (QED) is 0.786. The first-order valence-electron chi connectivity index (χ1n) is 7.76. The van der Waals surface area contributed by atoms with Crippen LogP contribution in [0.4, 0.5) is 0 Å². The van der Waals surface area contributed by atoms with E-state index in [-0.39, 0.29) is 6.04 Å². The predicted octanol–water partition coefficient (Wildman–Crippen LogP) is 3.21. The molecule has 1 unspecified atom stereocenters. The molecule has 0 aliphatic carbocycles. The van der Waals surface area contributed by atoms with Gasteiger partial charge >= 0.3 is 0 Å². The van der Waals surface area contributed by atoms with Crippen LogP contribution in [0.1, 0.15) is 35.5 Å². The maximum atomic E-state index is 5.18. The van der Waals surface area contributed by atoms with Crippen molar-refractivity contribution in [2.75, 3.05) is 7.11 Å². The molecule has 2 aromatic heterocycles. The summed E-state index contributed by atoms with van der Waals surface area (Å²) < 4.78 is 7.10. The summed E-state index contributed by atoms with van der Waals surface area (Å²) in [5, 5.41) is 8.05. The molecule has 0 saturated carbocycles. The fraction of sp³-hybridized carbons (Fsp3) is 0.333. The topological polar surface area (TPSA) is 51.5 Å². The van der Waals surface area contributed by atoms with Gasteiger partial charge in [0, 0.05) is 36.1 Å². The first kappa shape index (κ1) is 15.5. The largest absolute Gasteiger partial charge is 0.497 e. The van der Waals surface area contributed by atoms with Crippen LogP contribution in [0.3, 0.4) is 0 Å². The van der Waals surface area contributed by atoms with Crippen LogP contribution in [0.5, 0.6) is 5.75 Å². The summed E-state index contributed by atoms with van der Waals surface area (Å²) in [6.45, 7) is 7.01. The third kappa shape index (κ3) is 3.19. The second-order valence-corrected chi connectivity index (χ2v) is 5.81. The van der Waals surface area contributed by atoms with Gasteiger partial charge < -0.3 is 10.1 Å². The van der Waals surface area contributed by atoms with Crippen LogP contribution in [0.15, 0.2) is 36.5 Å². The molecule has 1 atom stereocenters. The van der Waals surface area contributed by atoms with Crippen LogP contribution in [0.2, 0.25) is 0 Å². The van der Waals surface area contributed by atoms with E-state index in [1.807, 2.05) is 35.8 Å². The van der Waals surface area contributed by atoms with Gasteiger partial charge in [-0.1, -0.05) is 12.1 Å². The Labute approximate surface area is 136 Å². The first-order valence-corrected chi connectivity index (χ1v) is 7.76. The molecule has 0 radical (unpaired) electrons. The van der Waals surface area contributed by atoms with Gasteiger partial charge in [0.15, 0.2) is 5.65 Å². The lowest BCUT2D eigenvalue weighted by molar-refractivity contribution is 0.414. The summed E-state index contributed by atoms with van der Waals surface area (Å²) in [5.41, 5.74) is 5.38. The van der Waals surface area contributed by atoms with Gasteiger partial charge in [0.05, 0.1) is 12.8 Å². The van der Waals surface area contributed by atoms with Gasteiger partial charge in [-0.25, -0.2) is 9.50 Å². The van der Waals surface area contributed by atoms with Gasteiger partial charge in [-0.3, -0.25) is 0 Å². The van der Waals surface area contributed by atoms with E-state index in [2.05, 4.69) is 41.4 Å². The summed E-state index contributed by atoms with van der Waals surface area (Å²) in [4.78, 5) is 4.51. The molecule has 120 valence electrons. The molecule has 5 nitrogen and oxygen atoms in total. The van der Waals surface area contributed by atoms with E-state index in [4.69, 9.17) is 4.74 Å². The van der Waals surface area contributed by atoms with Crippen LogP contribution in [-0.2, 0) is 6.54 Å². The zero-order valence-corrected chi connectivity index (χ0v) is 14.0. The number of methoxy groups -OCH3 is 1. The van der Waals surface area contributed by atoms with E-state index in [0.29, 0.717) is 0 Å². The van der Waals surface area contributed by atoms with E-state index in [9.17, 15) is 0 Å². The summed E-state index contributed by atoms with van der Waals surface area (Å²) in [6.07, 6.45) is 1.94. The molecular formula is C18H22N4O. The Bertz CT molecular complexity index is 808. The SMILES string of the molecule is COc1ccc(CNC(C)c2cnc3cc(C)nn3c2C)cc1. The number of ether oxygens (including phenoxy) is 1. The number of hydrogen-bond acceptors (Lipinski definition) is 4. The van der Waals surface area contributed by atoms with Gasteiger partial charge in [0.25, 0.3) is 0 Å². The van der Waals surface area contributed by atoms with Crippen molar-refractivity contribution in [2.45, 2.75) is 33.4 Å². The van der Waals surface area contributed by atoms with Crippen molar-refractivity contribution in [1.29, 1.82) is 0 Å². The van der Waals surface area contributed by atoms with Crippen LogP contribution in [0.25, 0.3) is 5.65 Å². The fourth-order valence-electron chi connectivity index (χ4n) is 2.73. The monoisotopic (exact) mass is 310 g/mol. The summed E-state index contributed by atoms with van der Waals surface area (Å²) in [5.74, 6) is 0.876. The summed E-state index contributed by atoms with van der Waals surface area (Å²) >= 11 is 0. The molecule has 0 aliphatic rings. The normalized spacial score (nSPS) is 12.5. The summed E-state index contributed by atoms with van der Waals surface area (Å²) in [6, 6.07) is 10.3. The van der Waals surface area contributed by atoms with E-state index < -0.39 is 0 Å². The zero-order valence-electron chi connectivity index (χ0n) is 14.0. The molecule has 5 heteroatoms. The van der Waals surface area contributed by atoms with E-state index in [0.717, 1.165) is 34.9 Å². The molecular weight excluding hydrogens is 288 g/mol. The third-order valence-corrected chi connectivity index (χ3v) is 4.12. The first-order chi connectivity index (χ1) is 11.1.